The quantitative estimate of drug-likeness (QED) is 0.642. The van der Waals surface area contributed by atoms with Crippen LogP contribution in [0.2, 0.25) is 0 Å². The van der Waals surface area contributed by atoms with Gasteiger partial charge in [0.1, 0.15) is 0 Å². The first-order valence-corrected chi connectivity index (χ1v) is 6.65. The van der Waals surface area contributed by atoms with Crippen molar-refractivity contribution in [3.8, 4) is 0 Å². The molecule has 0 aromatic carbocycles. The third-order valence-corrected chi connectivity index (χ3v) is 4.05. The number of hydroxylamine groups is 1. The minimum Gasteiger partial charge on any atom is -0.372 e. The van der Waals surface area contributed by atoms with Crippen molar-refractivity contribution >= 4 is 0 Å². The molecule has 3 aliphatic heterocycles. The van der Waals surface area contributed by atoms with E-state index in [0.29, 0.717) is 18.3 Å². The topological polar surface area (TPSA) is 42.5 Å². The van der Waals surface area contributed by atoms with Crippen LogP contribution in [0.1, 0.15) is 32.1 Å². The van der Waals surface area contributed by atoms with Gasteiger partial charge in [0.25, 0.3) is 0 Å². The van der Waals surface area contributed by atoms with Crippen LogP contribution < -0.4 is 10.8 Å². The average Bonchev–Trinajstić information content (AvgIpc) is 2.83. The summed E-state index contributed by atoms with van der Waals surface area (Å²) in [6, 6.07) is 0. The zero-order valence-electron chi connectivity index (χ0n) is 9.78. The molecule has 4 rings (SSSR count). The lowest BCUT2D eigenvalue weighted by Gasteiger charge is -2.20. The van der Waals surface area contributed by atoms with Crippen LogP contribution in [0.25, 0.3) is 0 Å². The Morgan fingerprint density at radius 3 is 2.19 bits per heavy atom. The van der Waals surface area contributed by atoms with Crippen molar-refractivity contribution in [2.75, 3.05) is 19.6 Å². The molecule has 4 heteroatoms. The SMILES string of the molecule is C1CC2CC1CNO2.C1CC2CNCC1O2. The maximum atomic E-state index is 5.53. The van der Waals surface area contributed by atoms with Crippen molar-refractivity contribution in [3.63, 3.8) is 0 Å². The standard InChI is InChI=1S/2C6H11NO/c1-2-6-4-7-3-5(1)8-6;1-2-6-3-5(1)4-7-8-6/h2*5-7H,1-4H2. The predicted octanol–water partition coefficient (Wildman–Crippen LogP) is 0.827. The second-order valence-corrected chi connectivity index (χ2v) is 5.38. The number of hydrogen-bond acceptors (Lipinski definition) is 4. The van der Waals surface area contributed by atoms with Gasteiger partial charge in [-0.15, -0.1) is 0 Å². The maximum Gasteiger partial charge on any atom is 0.0793 e. The summed E-state index contributed by atoms with van der Waals surface area (Å²) in [5, 5.41) is 3.32. The molecule has 3 heterocycles. The predicted molar refractivity (Wildman–Crippen MR) is 61.0 cm³/mol. The van der Waals surface area contributed by atoms with E-state index in [1.165, 1.54) is 32.1 Å². The Morgan fingerprint density at radius 1 is 0.812 bits per heavy atom. The summed E-state index contributed by atoms with van der Waals surface area (Å²) < 4.78 is 5.53. The molecule has 0 amide bonds. The van der Waals surface area contributed by atoms with E-state index in [1.54, 1.807) is 0 Å². The summed E-state index contributed by atoms with van der Waals surface area (Å²) >= 11 is 0. The summed E-state index contributed by atoms with van der Waals surface area (Å²) in [6.45, 7) is 3.24. The average molecular weight is 226 g/mol. The fraction of sp³-hybridized carbons (Fsp3) is 1.00. The van der Waals surface area contributed by atoms with E-state index in [-0.39, 0.29) is 0 Å². The van der Waals surface area contributed by atoms with Gasteiger partial charge in [0.2, 0.25) is 0 Å². The molecule has 1 aliphatic carbocycles. The first-order valence-electron chi connectivity index (χ1n) is 6.65. The zero-order valence-corrected chi connectivity index (χ0v) is 9.78. The second kappa shape index (κ2) is 5.00. The zero-order chi connectivity index (χ0) is 10.8. The fourth-order valence-corrected chi connectivity index (χ4v) is 3.09. The number of fused-ring (bicyclic) bond motifs is 4. The normalized spacial score (nSPS) is 45.0. The first-order chi connectivity index (χ1) is 7.90. The third kappa shape index (κ3) is 2.56. The number of rotatable bonds is 0. The van der Waals surface area contributed by atoms with Crippen molar-refractivity contribution in [1.82, 2.24) is 10.8 Å². The smallest absolute Gasteiger partial charge is 0.0793 e. The minimum atomic E-state index is 0.550. The van der Waals surface area contributed by atoms with Crippen molar-refractivity contribution in [1.29, 1.82) is 0 Å². The van der Waals surface area contributed by atoms with Gasteiger partial charge in [0.05, 0.1) is 18.3 Å². The van der Waals surface area contributed by atoms with Gasteiger partial charge in [-0.25, -0.2) is 5.48 Å². The van der Waals surface area contributed by atoms with Crippen LogP contribution in [0, 0.1) is 5.92 Å². The largest absolute Gasteiger partial charge is 0.372 e. The first kappa shape index (κ1) is 11.0. The van der Waals surface area contributed by atoms with Crippen LogP contribution >= 0.6 is 0 Å². The Bertz CT molecular complexity index is 185. The molecule has 92 valence electrons. The lowest BCUT2D eigenvalue weighted by molar-refractivity contribution is -0.0472. The number of hydrogen-bond donors (Lipinski definition) is 2. The summed E-state index contributed by atoms with van der Waals surface area (Å²) in [5.74, 6) is 0.925. The van der Waals surface area contributed by atoms with Crippen LogP contribution in [0.3, 0.4) is 0 Å². The lowest BCUT2D eigenvalue weighted by atomic mass is 10.1. The van der Waals surface area contributed by atoms with Gasteiger partial charge in [0.15, 0.2) is 0 Å². The molecule has 4 unspecified atom stereocenters. The monoisotopic (exact) mass is 226 g/mol. The number of ether oxygens (including phenoxy) is 1. The van der Waals surface area contributed by atoms with Gasteiger partial charge >= 0.3 is 0 Å². The third-order valence-electron chi connectivity index (χ3n) is 4.05. The Labute approximate surface area is 97.0 Å². The van der Waals surface area contributed by atoms with Crippen molar-refractivity contribution in [2.45, 2.75) is 50.4 Å². The molecule has 0 spiro atoms. The van der Waals surface area contributed by atoms with E-state index < -0.39 is 0 Å². The Hall–Kier alpha value is -0.160. The molecule has 4 aliphatic rings. The van der Waals surface area contributed by atoms with Crippen LogP contribution in [-0.4, -0.2) is 37.9 Å². The summed E-state index contributed by atoms with van der Waals surface area (Å²) in [7, 11) is 0. The Morgan fingerprint density at radius 2 is 1.56 bits per heavy atom. The van der Waals surface area contributed by atoms with Gasteiger partial charge < -0.3 is 10.1 Å². The molecule has 0 aromatic heterocycles. The molecule has 1 saturated carbocycles. The minimum absolute atomic E-state index is 0.550. The van der Waals surface area contributed by atoms with Crippen LogP contribution in [0.5, 0.6) is 0 Å². The van der Waals surface area contributed by atoms with E-state index in [1.807, 2.05) is 0 Å². The maximum absolute atomic E-state index is 5.53. The second-order valence-electron chi connectivity index (χ2n) is 5.38. The lowest BCUT2D eigenvalue weighted by Crippen LogP contribution is -2.38. The fourth-order valence-electron chi connectivity index (χ4n) is 3.09. The van der Waals surface area contributed by atoms with Crippen molar-refractivity contribution < 1.29 is 9.57 Å². The molecule has 4 bridgehead atoms. The Balaban J connectivity index is 0.000000101. The van der Waals surface area contributed by atoms with E-state index in [0.717, 1.165) is 25.6 Å². The van der Waals surface area contributed by atoms with E-state index >= 15 is 0 Å². The van der Waals surface area contributed by atoms with Crippen molar-refractivity contribution in [2.24, 2.45) is 5.92 Å². The molecular weight excluding hydrogens is 204 g/mol. The molecule has 4 nitrogen and oxygen atoms in total. The van der Waals surface area contributed by atoms with Crippen LogP contribution in [0.15, 0.2) is 0 Å². The molecule has 0 radical (unpaired) electrons. The van der Waals surface area contributed by atoms with Gasteiger partial charge in [-0.1, -0.05) is 0 Å². The van der Waals surface area contributed by atoms with E-state index in [9.17, 15) is 0 Å². The highest BCUT2D eigenvalue weighted by molar-refractivity contribution is 4.81. The highest BCUT2D eigenvalue weighted by Gasteiger charge is 2.29. The van der Waals surface area contributed by atoms with Crippen LogP contribution in [-0.2, 0) is 9.57 Å². The summed E-state index contributed by atoms with van der Waals surface area (Å²) in [4.78, 5) is 5.22. The molecular formula is C12H22N2O2. The number of morpholine rings is 1. The van der Waals surface area contributed by atoms with Gasteiger partial charge in [-0.3, -0.25) is 4.84 Å². The number of nitrogens with one attached hydrogen (secondary N) is 2. The summed E-state index contributed by atoms with van der Waals surface area (Å²) in [5.41, 5.74) is 2.95. The van der Waals surface area contributed by atoms with Gasteiger partial charge in [-0.2, -0.15) is 0 Å². The molecule has 4 atom stereocenters. The van der Waals surface area contributed by atoms with Gasteiger partial charge in [0, 0.05) is 19.6 Å². The molecule has 2 N–H and O–H groups in total. The highest BCUT2D eigenvalue weighted by Crippen LogP contribution is 2.29. The highest BCUT2D eigenvalue weighted by atomic mass is 16.7. The molecule has 4 fully saturated rings. The molecule has 3 saturated heterocycles. The van der Waals surface area contributed by atoms with Crippen molar-refractivity contribution in [3.05, 3.63) is 0 Å². The summed E-state index contributed by atoms with van der Waals surface area (Å²) in [6.07, 6.45) is 8.15. The van der Waals surface area contributed by atoms with Gasteiger partial charge in [-0.05, 0) is 38.0 Å². The van der Waals surface area contributed by atoms with E-state index in [4.69, 9.17) is 9.57 Å². The van der Waals surface area contributed by atoms with E-state index in [2.05, 4.69) is 10.8 Å². The van der Waals surface area contributed by atoms with Crippen LogP contribution in [0.4, 0.5) is 0 Å². The molecule has 16 heavy (non-hydrogen) atoms. The molecule has 0 aromatic rings. The Kier molecular flexibility index (Phi) is 3.43.